The van der Waals surface area contributed by atoms with E-state index in [1.54, 1.807) is 25.4 Å². The number of hydrogen-bond acceptors (Lipinski definition) is 10. The van der Waals surface area contributed by atoms with Gasteiger partial charge in [0.2, 0.25) is 0 Å². The van der Waals surface area contributed by atoms with Crippen LogP contribution in [0.4, 0.5) is 5.82 Å². The SMILES string of the molecule is COCCN(C)CCOc1ccc(-c2sc3nc(-c4cccs4)nc(NN4C(=O)C=C(C)C4=O)c3c2C)cc1. The monoisotopic (exact) mass is 563 g/mol. The number of amides is 2. The predicted octanol–water partition coefficient (Wildman–Crippen LogP) is 4.99. The lowest BCUT2D eigenvalue weighted by molar-refractivity contribution is -0.135. The topological polar surface area (TPSA) is 96.9 Å². The zero-order valence-electron chi connectivity index (χ0n) is 22.2. The van der Waals surface area contributed by atoms with Crippen LogP contribution in [0, 0.1) is 6.92 Å². The molecule has 3 aromatic heterocycles. The summed E-state index contributed by atoms with van der Waals surface area (Å²) in [5.41, 5.74) is 5.35. The third-order valence-electron chi connectivity index (χ3n) is 6.39. The number of methoxy groups -OCH3 is 1. The molecular formula is C28H29N5O4S2. The summed E-state index contributed by atoms with van der Waals surface area (Å²) < 4.78 is 11.0. The summed E-state index contributed by atoms with van der Waals surface area (Å²) in [5, 5.41) is 3.74. The fraction of sp³-hybridized carbons (Fsp3) is 0.286. The maximum absolute atomic E-state index is 12.6. The molecule has 0 saturated heterocycles. The van der Waals surface area contributed by atoms with Crippen molar-refractivity contribution in [2.24, 2.45) is 0 Å². The highest BCUT2D eigenvalue weighted by molar-refractivity contribution is 7.22. The molecule has 2 amide bonds. The zero-order chi connectivity index (χ0) is 27.5. The van der Waals surface area contributed by atoms with Gasteiger partial charge in [-0.2, -0.15) is 5.01 Å². The highest BCUT2D eigenvalue weighted by Crippen LogP contribution is 2.42. The van der Waals surface area contributed by atoms with Crippen molar-refractivity contribution in [2.45, 2.75) is 13.8 Å². The van der Waals surface area contributed by atoms with E-state index in [1.807, 2.05) is 55.7 Å². The number of ether oxygens (including phenoxy) is 2. The minimum atomic E-state index is -0.421. The summed E-state index contributed by atoms with van der Waals surface area (Å²) in [6, 6.07) is 11.9. The Labute approximate surface area is 234 Å². The Morgan fingerprint density at radius 1 is 1.05 bits per heavy atom. The van der Waals surface area contributed by atoms with Gasteiger partial charge in [-0.3, -0.25) is 15.0 Å². The number of thiophene rings is 2. The van der Waals surface area contributed by atoms with Gasteiger partial charge in [0.15, 0.2) is 11.6 Å². The van der Waals surface area contributed by atoms with Gasteiger partial charge >= 0.3 is 0 Å². The summed E-state index contributed by atoms with van der Waals surface area (Å²) >= 11 is 3.08. The number of aryl methyl sites for hydroxylation is 1. The molecule has 4 heterocycles. The number of hydrogen-bond donors (Lipinski definition) is 1. The van der Waals surface area contributed by atoms with Gasteiger partial charge in [0.25, 0.3) is 11.8 Å². The van der Waals surface area contributed by atoms with Gasteiger partial charge < -0.3 is 14.4 Å². The second-order valence-corrected chi connectivity index (χ2v) is 11.1. The van der Waals surface area contributed by atoms with E-state index in [-0.39, 0.29) is 0 Å². The summed E-state index contributed by atoms with van der Waals surface area (Å²) in [4.78, 5) is 39.5. The van der Waals surface area contributed by atoms with Crippen LogP contribution < -0.4 is 10.2 Å². The first kappa shape index (κ1) is 26.9. The normalized spacial score (nSPS) is 13.6. The van der Waals surface area contributed by atoms with Crippen LogP contribution in [0.2, 0.25) is 0 Å². The van der Waals surface area contributed by atoms with Gasteiger partial charge in [0, 0.05) is 36.7 Å². The molecule has 0 saturated carbocycles. The van der Waals surface area contributed by atoms with E-state index in [4.69, 9.17) is 19.4 Å². The van der Waals surface area contributed by atoms with Crippen molar-refractivity contribution in [2.75, 3.05) is 45.9 Å². The number of imide groups is 1. The van der Waals surface area contributed by atoms with Crippen molar-refractivity contribution in [3.63, 3.8) is 0 Å². The van der Waals surface area contributed by atoms with Crippen LogP contribution in [0.1, 0.15) is 12.5 Å². The molecule has 1 aliphatic rings. The van der Waals surface area contributed by atoms with Gasteiger partial charge in [-0.15, -0.1) is 22.7 Å². The van der Waals surface area contributed by atoms with Crippen LogP contribution in [-0.2, 0) is 14.3 Å². The van der Waals surface area contributed by atoms with E-state index in [2.05, 4.69) is 10.3 Å². The Balaban J connectivity index is 1.43. The number of carbonyl (C=O) groups excluding carboxylic acids is 2. The molecule has 202 valence electrons. The van der Waals surface area contributed by atoms with Crippen molar-refractivity contribution in [3.8, 4) is 26.9 Å². The zero-order valence-corrected chi connectivity index (χ0v) is 23.8. The van der Waals surface area contributed by atoms with Crippen molar-refractivity contribution in [3.05, 3.63) is 59.0 Å². The number of fused-ring (bicyclic) bond motifs is 1. The lowest BCUT2D eigenvalue weighted by Crippen LogP contribution is -2.36. The number of nitrogens with zero attached hydrogens (tertiary/aromatic N) is 4. The Hall–Kier alpha value is -3.64. The molecule has 0 bridgehead atoms. The first-order valence-corrected chi connectivity index (χ1v) is 14.1. The Morgan fingerprint density at radius 2 is 1.82 bits per heavy atom. The number of hydrazine groups is 1. The van der Waals surface area contributed by atoms with Crippen LogP contribution in [-0.4, -0.2) is 72.2 Å². The van der Waals surface area contributed by atoms with E-state index in [1.165, 1.54) is 17.4 Å². The molecular weight excluding hydrogens is 534 g/mol. The second kappa shape index (κ2) is 11.6. The summed E-state index contributed by atoms with van der Waals surface area (Å²) in [5.74, 6) is 0.948. The number of nitrogens with one attached hydrogen (secondary N) is 1. The number of benzene rings is 1. The van der Waals surface area contributed by atoms with Crippen molar-refractivity contribution < 1.29 is 19.1 Å². The molecule has 5 rings (SSSR count). The summed E-state index contributed by atoms with van der Waals surface area (Å²) in [7, 11) is 3.74. The summed E-state index contributed by atoms with van der Waals surface area (Å²) in [6.45, 7) is 6.56. The van der Waals surface area contributed by atoms with Crippen LogP contribution >= 0.6 is 22.7 Å². The molecule has 0 unspecified atom stereocenters. The lowest BCUT2D eigenvalue weighted by Gasteiger charge is -2.17. The molecule has 11 heteroatoms. The molecule has 0 aliphatic carbocycles. The van der Waals surface area contributed by atoms with Crippen LogP contribution in [0.25, 0.3) is 31.4 Å². The smallest absolute Gasteiger partial charge is 0.275 e. The average Bonchev–Trinajstić information content (AvgIpc) is 3.64. The molecule has 0 atom stereocenters. The molecule has 0 spiro atoms. The predicted molar refractivity (Wildman–Crippen MR) is 155 cm³/mol. The molecule has 39 heavy (non-hydrogen) atoms. The average molecular weight is 564 g/mol. The minimum Gasteiger partial charge on any atom is -0.492 e. The van der Waals surface area contributed by atoms with Crippen molar-refractivity contribution >= 4 is 50.5 Å². The first-order valence-electron chi connectivity index (χ1n) is 12.4. The minimum absolute atomic E-state index is 0.378. The fourth-order valence-electron chi connectivity index (χ4n) is 4.19. The fourth-order valence-corrected chi connectivity index (χ4v) is 6.04. The molecule has 1 aliphatic heterocycles. The molecule has 0 radical (unpaired) electrons. The highest BCUT2D eigenvalue weighted by atomic mass is 32.1. The highest BCUT2D eigenvalue weighted by Gasteiger charge is 2.30. The molecule has 1 N–H and O–H groups in total. The maximum Gasteiger partial charge on any atom is 0.275 e. The molecule has 1 aromatic carbocycles. The molecule has 0 fully saturated rings. The largest absolute Gasteiger partial charge is 0.492 e. The number of anilines is 1. The van der Waals surface area contributed by atoms with Crippen molar-refractivity contribution in [1.29, 1.82) is 0 Å². The first-order chi connectivity index (χ1) is 18.9. The van der Waals surface area contributed by atoms with Crippen molar-refractivity contribution in [1.82, 2.24) is 19.9 Å². The standard InChI is InChI=1S/C28H29N5O4S2/c1-17-16-22(34)33(28(17)35)31-26-23-18(2)24(39-27(23)30-25(29-26)21-6-5-15-38-21)19-7-9-20(10-8-19)37-14-12-32(3)11-13-36-4/h5-10,15-16H,11-14H2,1-4H3,(H,29,30,31). The van der Waals surface area contributed by atoms with Gasteiger partial charge in [-0.05, 0) is 67.7 Å². The van der Waals surface area contributed by atoms with E-state index < -0.39 is 11.8 Å². The Morgan fingerprint density at radius 3 is 2.49 bits per heavy atom. The second-order valence-electron chi connectivity index (χ2n) is 9.20. The maximum atomic E-state index is 12.6. The lowest BCUT2D eigenvalue weighted by atomic mass is 10.1. The van der Waals surface area contributed by atoms with Gasteiger partial charge in [0.1, 0.15) is 17.2 Å². The summed E-state index contributed by atoms with van der Waals surface area (Å²) in [6.07, 6.45) is 1.32. The Kier molecular flexibility index (Phi) is 8.03. The van der Waals surface area contributed by atoms with E-state index >= 15 is 0 Å². The third-order valence-corrected chi connectivity index (χ3v) is 8.49. The van der Waals surface area contributed by atoms with Gasteiger partial charge in [-0.25, -0.2) is 9.97 Å². The van der Waals surface area contributed by atoms with E-state index in [9.17, 15) is 9.59 Å². The van der Waals surface area contributed by atoms with Gasteiger partial charge in [-0.1, -0.05) is 6.07 Å². The third kappa shape index (κ3) is 5.71. The number of carbonyl (C=O) groups is 2. The quantitative estimate of drug-likeness (QED) is 0.255. The van der Waals surface area contributed by atoms with Crippen LogP contribution in [0.3, 0.4) is 0 Å². The molecule has 9 nitrogen and oxygen atoms in total. The Bertz CT molecular complexity index is 1530. The van der Waals surface area contributed by atoms with Crippen LogP contribution in [0.15, 0.2) is 53.4 Å². The number of likely N-dealkylation sites (N-methyl/N-ethyl adjacent to an activating group) is 1. The number of rotatable bonds is 11. The van der Waals surface area contributed by atoms with Crippen LogP contribution in [0.5, 0.6) is 5.75 Å². The van der Waals surface area contributed by atoms with E-state index in [0.717, 1.165) is 54.9 Å². The van der Waals surface area contributed by atoms with E-state index in [0.29, 0.717) is 30.4 Å². The molecule has 4 aromatic rings. The van der Waals surface area contributed by atoms with Gasteiger partial charge in [0.05, 0.1) is 16.9 Å². The number of aromatic nitrogens is 2.